The summed E-state index contributed by atoms with van der Waals surface area (Å²) < 4.78 is 5.18. The predicted octanol–water partition coefficient (Wildman–Crippen LogP) is 3.61. The molecule has 0 unspecified atom stereocenters. The van der Waals surface area contributed by atoms with Gasteiger partial charge in [0.25, 0.3) is 0 Å². The molecule has 29 heavy (non-hydrogen) atoms. The number of rotatable bonds is 11. The van der Waals surface area contributed by atoms with Crippen molar-refractivity contribution in [2.24, 2.45) is 0 Å². The van der Waals surface area contributed by atoms with Crippen LogP contribution in [0.25, 0.3) is 0 Å². The van der Waals surface area contributed by atoms with Gasteiger partial charge in [-0.05, 0) is 43.0 Å². The Balaban J connectivity index is 2.08. The number of hydrogen-bond acceptors (Lipinski definition) is 3. The first kappa shape index (κ1) is 22.5. The molecule has 1 N–H and O–H groups in total. The number of carbonyl (C=O) groups excluding carboxylic acids is 2. The summed E-state index contributed by atoms with van der Waals surface area (Å²) in [5.74, 6) is 0.602. The van der Waals surface area contributed by atoms with Crippen molar-refractivity contribution in [2.45, 2.75) is 45.6 Å². The van der Waals surface area contributed by atoms with E-state index in [2.05, 4.69) is 12.2 Å². The number of carbonyl (C=O) groups is 2. The summed E-state index contributed by atoms with van der Waals surface area (Å²) in [6.45, 7) is 5.03. The highest BCUT2D eigenvalue weighted by Gasteiger charge is 2.25. The van der Waals surface area contributed by atoms with E-state index in [1.807, 2.05) is 54.6 Å². The van der Waals surface area contributed by atoms with Gasteiger partial charge in [0.1, 0.15) is 11.8 Å². The first-order valence-corrected chi connectivity index (χ1v) is 10.3. The molecule has 0 bridgehead atoms. The van der Waals surface area contributed by atoms with Crippen molar-refractivity contribution >= 4 is 11.8 Å². The zero-order valence-corrected chi connectivity index (χ0v) is 17.7. The number of benzene rings is 2. The van der Waals surface area contributed by atoms with Gasteiger partial charge in [-0.3, -0.25) is 9.59 Å². The SMILES string of the molecule is CCCCNC(=O)[C@H](C)N(CCc1ccccc1)C(=O)Cc1ccc(OC)cc1. The van der Waals surface area contributed by atoms with Crippen molar-refractivity contribution in [1.82, 2.24) is 10.2 Å². The highest BCUT2D eigenvalue weighted by molar-refractivity contribution is 5.88. The van der Waals surface area contributed by atoms with Gasteiger partial charge in [-0.25, -0.2) is 0 Å². The fourth-order valence-corrected chi connectivity index (χ4v) is 3.13. The Morgan fingerprint density at radius 3 is 2.34 bits per heavy atom. The summed E-state index contributed by atoms with van der Waals surface area (Å²) >= 11 is 0. The van der Waals surface area contributed by atoms with Gasteiger partial charge >= 0.3 is 0 Å². The third-order valence-electron chi connectivity index (χ3n) is 5.00. The number of nitrogens with zero attached hydrogens (tertiary/aromatic N) is 1. The molecule has 0 heterocycles. The van der Waals surface area contributed by atoms with Gasteiger partial charge in [-0.1, -0.05) is 55.8 Å². The second-order valence-electron chi connectivity index (χ2n) is 7.17. The van der Waals surface area contributed by atoms with Crippen LogP contribution in [0.1, 0.15) is 37.8 Å². The molecule has 0 saturated carbocycles. The number of methoxy groups -OCH3 is 1. The minimum Gasteiger partial charge on any atom is -0.497 e. The minimum atomic E-state index is -0.513. The number of unbranched alkanes of at least 4 members (excludes halogenated alkanes) is 1. The second-order valence-corrected chi connectivity index (χ2v) is 7.17. The fourth-order valence-electron chi connectivity index (χ4n) is 3.13. The molecule has 5 heteroatoms. The van der Waals surface area contributed by atoms with Crippen molar-refractivity contribution in [3.05, 3.63) is 65.7 Å². The van der Waals surface area contributed by atoms with Crippen LogP contribution in [0.2, 0.25) is 0 Å². The molecule has 0 aromatic heterocycles. The molecule has 0 aliphatic carbocycles. The van der Waals surface area contributed by atoms with E-state index in [0.29, 0.717) is 19.5 Å². The lowest BCUT2D eigenvalue weighted by atomic mass is 10.1. The van der Waals surface area contributed by atoms with Crippen LogP contribution in [0.3, 0.4) is 0 Å². The molecule has 0 spiro atoms. The molecule has 0 fully saturated rings. The standard InChI is InChI=1S/C24H32N2O3/c1-4-5-16-25-24(28)19(2)26(17-15-20-9-7-6-8-10-20)23(27)18-21-11-13-22(29-3)14-12-21/h6-14,19H,4-5,15-18H2,1-3H3,(H,25,28)/t19-/m0/s1. The maximum Gasteiger partial charge on any atom is 0.242 e. The van der Waals surface area contributed by atoms with Gasteiger partial charge in [-0.2, -0.15) is 0 Å². The van der Waals surface area contributed by atoms with Crippen LogP contribution in [0, 0.1) is 0 Å². The van der Waals surface area contributed by atoms with E-state index in [1.165, 1.54) is 0 Å². The van der Waals surface area contributed by atoms with Crippen LogP contribution in [0.15, 0.2) is 54.6 Å². The normalized spacial score (nSPS) is 11.6. The lowest BCUT2D eigenvalue weighted by molar-refractivity contribution is -0.139. The molecule has 1 atom stereocenters. The van der Waals surface area contributed by atoms with Gasteiger partial charge in [0.05, 0.1) is 13.5 Å². The molecule has 2 aromatic carbocycles. The van der Waals surface area contributed by atoms with E-state index in [1.54, 1.807) is 18.9 Å². The van der Waals surface area contributed by atoms with Gasteiger partial charge in [-0.15, -0.1) is 0 Å². The molecule has 0 aliphatic rings. The Labute approximate surface area is 174 Å². The molecule has 2 amide bonds. The monoisotopic (exact) mass is 396 g/mol. The van der Waals surface area contributed by atoms with Crippen LogP contribution in [-0.2, 0) is 22.4 Å². The first-order valence-electron chi connectivity index (χ1n) is 10.3. The number of nitrogens with one attached hydrogen (secondary N) is 1. The third-order valence-corrected chi connectivity index (χ3v) is 5.00. The van der Waals surface area contributed by atoms with Crippen molar-refractivity contribution in [3.63, 3.8) is 0 Å². The fraction of sp³-hybridized carbons (Fsp3) is 0.417. The highest BCUT2D eigenvalue weighted by Crippen LogP contribution is 2.14. The quantitative estimate of drug-likeness (QED) is 0.590. The molecule has 0 aliphatic heterocycles. The smallest absolute Gasteiger partial charge is 0.242 e. The van der Waals surface area contributed by atoms with Crippen molar-refractivity contribution in [3.8, 4) is 5.75 Å². The molecule has 0 radical (unpaired) electrons. The van der Waals surface area contributed by atoms with E-state index in [-0.39, 0.29) is 18.2 Å². The topological polar surface area (TPSA) is 58.6 Å². The van der Waals surface area contributed by atoms with Crippen molar-refractivity contribution in [1.29, 1.82) is 0 Å². The van der Waals surface area contributed by atoms with Crippen LogP contribution in [0.4, 0.5) is 0 Å². The van der Waals surface area contributed by atoms with Crippen LogP contribution in [0.5, 0.6) is 5.75 Å². The van der Waals surface area contributed by atoms with E-state index in [4.69, 9.17) is 4.74 Å². The van der Waals surface area contributed by atoms with Gasteiger partial charge in [0.2, 0.25) is 11.8 Å². The summed E-state index contributed by atoms with van der Waals surface area (Å²) in [7, 11) is 1.62. The average molecular weight is 397 g/mol. The molecule has 2 aromatic rings. The molecule has 2 rings (SSSR count). The maximum absolute atomic E-state index is 13.1. The van der Waals surface area contributed by atoms with E-state index in [0.717, 1.165) is 29.7 Å². The Hall–Kier alpha value is -2.82. The zero-order valence-electron chi connectivity index (χ0n) is 17.7. The number of amides is 2. The molecule has 156 valence electrons. The molecular formula is C24H32N2O3. The number of ether oxygens (including phenoxy) is 1. The van der Waals surface area contributed by atoms with Crippen molar-refractivity contribution in [2.75, 3.05) is 20.2 Å². The van der Waals surface area contributed by atoms with E-state index >= 15 is 0 Å². The molecule has 5 nitrogen and oxygen atoms in total. The second kappa shape index (κ2) is 11.9. The van der Waals surface area contributed by atoms with Gasteiger partial charge in [0, 0.05) is 13.1 Å². The Bertz CT molecular complexity index is 759. The Kier molecular flexibility index (Phi) is 9.22. The summed E-state index contributed by atoms with van der Waals surface area (Å²) in [6.07, 6.45) is 2.91. The lowest BCUT2D eigenvalue weighted by Crippen LogP contribution is -2.49. The van der Waals surface area contributed by atoms with E-state index in [9.17, 15) is 9.59 Å². The zero-order chi connectivity index (χ0) is 21.1. The maximum atomic E-state index is 13.1. The van der Waals surface area contributed by atoms with E-state index < -0.39 is 6.04 Å². The lowest BCUT2D eigenvalue weighted by Gasteiger charge is -2.29. The van der Waals surface area contributed by atoms with Crippen LogP contribution < -0.4 is 10.1 Å². The largest absolute Gasteiger partial charge is 0.497 e. The minimum absolute atomic E-state index is 0.0516. The highest BCUT2D eigenvalue weighted by atomic mass is 16.5. The average Bonchev–Trinajstić information content (AvgIpc) is 2.75. The summed E-state index contributed by atoms with van der Waals surface area (Å²) in [6, 6.07) is 17.0. The third kappa shape index (κ3) is 7.26. The Morgan fingerprint density at radius 2 is 1.72 bits per heavy atom. The summed E-state index contributed by atoms with van der Waals surface area (Å²) in [4.78, 5) is 27.4. The van der Waals surface area contributed by atoms with Crippen molar-refractivity contribution < 1.29 is 14.3 Å². The molecule has 0 saturated heterocycles. The Morgan fingerprint density at radius 1 is 1.03 bits per heavy atom. The van der Waals surface area contributed by atoms with Crippen LogP contribution >= 0.6 is 0 Å². The number of hydrogen-bond donors (Lipinski definition) is 1. The van der Waals surface area contributed by atoms with Crippen LogP contribution in [-0.4, -0.2) is 43.0 Å². The first-order chi connectivity index (χ1) is 14.0. The molecular weight excluding hydrogens is 364 g/mol. The van der Waals surface area contributed by atoms with Gasteiger partial charge in [0.15, 0.2) is 0 Å². The summed E-state index contributed by atoms with van der Waals surface area (Å²) in [5.41, 5.74) is 2.05. The van der Waals surface area contributed by atoms with Gasteiger partial charge < -0.3 is 15.0 Å². The predicted molar refractivity (Wildman–Crippen MR) is 116 cm³/mol. The summed E-state index contributed by atoms with van der Waals surface area (Å²) in [5, 5.41) is 2.95.